The molecule has 21 rings (SSSR count). The van der Waals surface area contributed by atoms with Crippen LogP contribution in [0.5, 0.6) is 0 Å². The number of hydrogen-bond donors (Lipinski definition) is 0. The van der Waals surface area contributed by atoms with Crippen molar-refractivity contribution in [3.63, 3.8) is 0 Å². The zero-order chi connectivity index (χ0) is 98.5. The van der Waals surface area contributed by atoms with E-state index in [0.29, 0.717) is 0 Å². The van der Waals surface area contributed by atoms with Crippen LogP contribution < -0.4 is 0 Å². The molecule has 0 radical (unpaired) electrons. The number of aromatic nitrogens is 14. The number of aryl methyl sites for hydroxylation is 2. The molecule has 7 aromatic carbocycles. The van der Waals surface area contributed by atoms with Crippen LogP contribution in [0.25, 0.3) is 141 Å². The molecule has 0 N–H and O–H groups in total. The Bertz CT molecular complexity index is 5870. The standard InChI is InChI=1S/6C16H11N2.C10H13.C7H8N.C5H4N.CHNS.CNS.CN.6Ni/c6*1-2-7-13(8-3-1)14-10-6-11-16(18-14)15-9-4-5-12-17-15;1-10(2,3)9-7-5-4-6-8-9;1-6-4-3-5-7(2)8-6;1-2-4-6-5-3-1;2*2-1-3;1-2;;;;;;/h6*1-7,9-12H;5-8H,1-3H3;4-5H,1-2H3;2-5H;3H;;;;;;;;/q9*-1;;2*-1;6*+2/p-1. The Balaban J connectivity index is 0.000000342. The molecule has 21 aromatic rings. The van der Waals surface area contributed by atoms with Gasteiger partial charge in [0.2, 0.25) is 0 Å². The zero-order valence-corrected chi connectivity index (χ0v) is 86.8. The van der Waals surface area contributed by atoms with E-state index in [2.05, 4.69) is 182 Å². The van der Waals surface area contributed by atoms with Gasteiger partial charge in [0.15, 0.2) is 0 Å². The van der Waals surface area contributed by atoms with Gasteiger partial charge in [-0.25, -0.2) is 5.26 Å². The zero-order valence-electron chi connectivity index (χ0n) is 79.2. The average Bonchev–Trinajstić information content (AvgIpc) is 0.853. The molecule has 0 bridgehead atoms. The van der Waals surface area contributed by atoms with Gasteiger partial charge in [-0.3, -0.25) is 59.8 Å². The second-order valence-corrected chi connectivity index (χ2v) is 30.3. The Morgan fingerprint density at radius 2 is 0.438 bits per heavy atom. The molecule has 25 heteroatoms. The second-order valence-electron chi connectivity index (χ2n) is 29.9. The van der Waals surface area contributed by atoms with Crippen molar-refractivity contribution < 1.29 is 98.9 Å². The summed E-state index contributed by atoms with van der Waals surface area (Å²) in [4.78, 5) is 61.5. The van der Waals surface area contributed by atoms with Gasteiger partial charge in [-0.05, 0) is 149 Å². The van der Waals surface area contributed by atoms with E-state index in [1.54, 1.807) is 61.7 Å². The summed E-state index contributed by atoms with van der Waals surface area (Å²) >= 11 is 7.40. The molecule has 0 aliphatic heterocycles. The van der Waals surface area contributed by atoms with Gasteiger partial charge in [0.05, 0.1) is 68.3 Å². The first-order valence-electron chi connectivity index (χ1n) is 43.7. The Hall–Kier alpha value is -15.4. The van der Waals surface area contributed by atoms with Crippen LogP contribution in [0.1, 0.15) is 37.7 Å². The molecule has 0 unspecified atom stereocenters. The number of rotatable bonds is 12. The van der Waals surface area contributed by atoms with Gasteiger partial charge in [-0.1, -0.05) is 185 Å². The van der Waals surface area contributed by atoms with Gasteiger partial charge >= 0.3 is 98.9 Å². The molecule has 0 saturated heterocycles. The first kappa shape index (κ1) is 123. The Kier molecular flexibility index (Phi) is 60.6. The van der Waals surface area contributed by atoms with E-state index in [1.807, 2.05) is 402 Å². The minimum atomic E-state index is 0. The number of thiocarbonyl (C=S) groups is 1. The molecule has 0 fully saturated rings. The fraction of sp³-hybridized carbons (Fsp3) is 0.0496. The van der Waals surface area contributed by atoms with Crippen LogP contribution in [0.3, 0.4) is 0 Å². The van der Waals surface area contributed by atoms with E-state index in [4.69, 9.17) is 22.5 Å². The molecule has 146 heavy (non-hydrogen) atoms. The van der Waals surface area contributed by atoms with E-state index >= 15 is 0 Å². The van der Waals surface area contributed by atoms with Crippen molar-refractivity contribution in [3.8, 4) is 141 Å². The fourth-order valence-corrected chi connectivity index (χ4v) is 12.6. The van der Waals surface area contributed by atoms with Gasteiger partial charge in [-0.15, -0.1) is 215 Å². The van der Waals surface area contributed by atoms with Crippen LogP contribution in [0.4, 0.5) is 0 Å². The summed E-state index contributed by atoms with van der Waals surface area (Å²) in [5.41, 5.74) is 25.8. The van der Waals surface area contributed by atoms with Crippen LogP contribution >= 0.6 is 12.2 Å². The van der Waals surface area contributed by atoms with Crippen LogP contribution in [0.2, 0.25) is 0 Å². The van der Waals surface area contributed by atoms with Crippen LogP contribution in [0.15, 0.2) is 462 Å². The number of nitriles is 1. The van der Waals surface area contributed by atoms with Gasteiger partial charge in [-0.2, -0.15) is 77.5 Å². The summed E-state index contributed by atoms with van der Waals surface area (Å²) < 4.78 is 0. The van der Waals surface area contributed by atoms with Crippen molar-refractivity contribution in [3.05, 3.63) is 546 Å². The van der Waals surface area contributed by atoms with Crippen molar-refractivity contribution in [2.75, 3.05) is 0 Å². The molecule has 14 aromatic heterocycles. The Morgan fingerprint density at radius 1 is 0.253 bits per heavy atom. The van der Waals surface area contributed by atoms with E-state index < -0.39 is 0 Å². The van der Waals surface area contributed by atoms with E-state index in [9.17, 15) is 0 Å². The summed E-state index contributed by atoms with van der Waals surface area (Å²) in [6, 6.07) is 161. The molecule has 0 atom stereocenters. The third kappa shape index (κ3) is 43.8. The summed E-state index contributed by atoms with van der Waals surface area (Å²) in [5.74, 6) is 0. The Labute approximate surface area is 927 Å². The van der Waals surface area contributed by atoms with Gasteiger partial charge in [0.1, 0.15) is 0 Å². The monoisotopic (exact) mass is 2190 g/mol. The van der Waals surface area contributed by atoms with E-state index in [0.717, 1.165) is 147 Å². The van der Waals surface area contributed by atoms with E-state index in [-0.39, 0.29) is 104 Å². The predicted molar refractivity (Wildman–Crippen MR) is 564 cm³/mol. The molecule has 0 aliphatic rings. The van der Waals surface area contributed by atoms with Crippen LogP contribution in [0, 0.1) is 90.9 Å². The molecule has 17 nitrogen and oxygen atoms in total. The van der Waals surface area contributed by atoms with Crippen molar-refractivity contribution in [1.82, 2.24) is 69.8 Å². The molecule has 0 spiro atoms. The van der Waals surface area contributed by atoms with E-state index in [1.165, 1.54) is 16.1 Å². The van der Waals surface area contributed by atoms with Gasteiger partial charge in [0.25, 0.3) is 0 Å². The maximum Gasteiger partial charge on any atom is 2.00 e. The molecule has 0 saturated carbocycles. The largest absolute Gasteiger partial charge is 2.00 e. The molecular formula is C121H91N17Ni6S2. The number of isothiocyanates is 1. The average molecular weight is 2200 g/mol. The van der Waals surface area contributed by atoms with Gasteiger partial charge < -0.3 is 39.8 Å². The smallest absolute Gasteiger partial charge is 0.753 e. The minimum Gasteiger partial charge on any atom is -0.753 e. The summed E-state index contributed by atoms with van der Waals surface area (Å²) in [7, 11) is 0. The van der Waals surface area contributed by atoms with Gasteiger partial charge in [0, 0.05) is 37.2 Å². The van der Waals surface area contributed by atoms with Crippen LogP contribution in [-0.4, -0.2) is 74.9 Å². The molecule has 0 aliphatic carbocycles. The number of benzene rings is 7. The first-order valence-corrected chi connectivity index (χ1v) is 44.6. The summed E-state index contributed by atoms with van der Waals surface area (Å²) in [6.45, 7) is 15.3. The minimum absolute atomic E-state index is 0. The maximum absolute atomic E-state index is 7.13. The second kappa shape index (κ2) is 71.9. The third-order valence-corrected chi connectivity index (χ3v) is 19.0. The molecule has 0 amide bonds. The maximum atomic E-state index is 7.13. The SMILES string of the molecule is CC(C)(C)c1cc[c-]cc1.Cc1c[c-]cc(C)n1.N#C[S-].[C-]#N.[N-]=C=S.[Ni+2].[Ni+2].[Ni+2].[Ni+2].[Ni+2].[Ni+2].[c-]1ccccc1-c1cccc(-c2ccccn2)n1.[c-]1ccccc1-c1cccc(-c2ccccn2)n1.[c-]1ccccc1-c1cccc(-c2ccccn2)n1.[c-]1ccccc1-c1cccc(-c2ccccn2)n1.[c-]1ccccc1-c1cccc(-c2ccccn2)n1.[c-]1ccccc1-c1cccc(-c2ccccn2)n1.[c-]1ccncc1. The third-order valence-electron chi connectivity index (χ3n) is 19.0. The molecule has 14 heterocycles. The first-order chi connectivity index (χ1) is 68.8. The molecular weight excluding hydrogens is 2110 g/mol. The van der Waals surface area contributed by atoms with Crippen molar-refractivity contribution in [2.24, 2.45) is 0 Å². The van der Waals surface area contributed by atoms with Crippen molar-refractivity contribution in [1.29, 1.82) is 10.5 Å². The normalized spacial score (nSPS) is 9.30. The number of hydrogen-bond acceptors (Lipinski definition) is 18. The van der Waals surface area contributed by atoms with Crippen molar-refractivity contribution in [2.45, 2.75) is 40.0 Å². The van der Waals surface area contributed by atoms with Crippen molar-refractivity contribution >= 4 is 30.0 Å². The van der Waals surface area contributed by atoms with Crippen LogP contribution in [-0.2, 0) is 117 Å². The number of nitrogens with zero attached hydrogens (tertiary/aromatic N) is 17. The topological polar surface area (TPSA) is 250 Å². The number of thiocyanates is 1. The summed E-state index contributed by atoms with van der Waals surface area (Å²) in [6.07, 6.45) is 14.0. The summed E-state index contributed by atoms with van der Waals surface area (Å²) in [5, 5.41) is 23.2. The fourth-order valence-electron chi connectivity index (χ4n) is 12.6. The predicted octanol–water partition coefficient (Wildman–Crippen LogP) is 27.6. The number of pyridine rings is 14. The Morgan fingerprint density at radius 3 is 0.575 bits per heavy atom. The quantitative estimate of drug-likeness (QED) is 0.0275. The molecule has 732 valence electrons.